The summed E-state index contributed by atoms with van der Waals surface area (Å²) < 4.78 is 9.93. The van der Waals surface area contributed by atoms with Gasteiger partial charge in [0.15, 0.2) is 0 Å². The number of carbonyl (C=O) groups is 1. The Bertz CT molecular complexity index is 194. The van der Waals surface area contributed by atoms with Gasteiger partial charge in [-0.05, 0) is 20.3 Å². The fraction of sp³-hybridized carbons (Fsp3) is 0.900. The molecule has 1 rings (SSSR count). The van der Waals surface area contributed by atoms with Crippen LogP contribution in [-0.4, -0.2) is 49.8 Å². The summed E-state index contributed by atoms with van der Waals surface area (Å²) in [6.07, 6.45) is 1.20. The van der Waals surface area contributed by atoms with Crippen LogP contribution in [0.25, 0.3) is 0 Å². The Kier molecular flexibility index (Phi) is 4.35. The quantitative estimate of drug-likeness (QED) is 0.626. The molecule has 82 valence electrons. The van der Waals surface area contributed by atoms with Gasteiger partial charge in [0, 0.05) is 19.1 Å². The van der Waals surface area contributed by atoms with Crippen LogP contribution < -0.4 is 0 Å². The average Bonchev–Trinajstić information content (AvgIpc) is 2.62. The molecule has 0 spiro atoms. The predicted octanol–water partition coefficient (Wildman–Crippen LogP) is 0.659. The Morgan fingerprint density at radius 2 is 2.29 bits per heavy atom. The van der Waals surface area contributed by atoms with Gasteiger partial charge in [-0.1, -0.05) is 0 Å². The van der Waals surface area contributed by atoms with E-state index in [1.165, 1.54) is 7.11 Å². The molecule has 0 amide bonds. The van der Waals surface area contributed by atoms with Crippen LogP contribution in [0.3, 0.4) is 0 Å². The van der Waals surface area contributed by atoms with Crippen molar-refractivity contribution in [2.75, 3.05) is 26.8 Å². The second-order valence-electron chi connectivity index (χ2n) is 3.89. The summed E-state index contributed by atoms with van der Waals surface area (Å²) in [7, 11) is 1.38. The van der Waals surface area contributed by atoms with Gasteiger partial charge in [0.05, 0.1) is 13.2 Å². The van der Waals surface area contributed by atoms with Crippen LogP contribution in [0.15, 0.2) is 0 Å². The van der Waals surface area contributed by atoms with Crippen molar-refractivity contribution in [3.8, 4) is 0 Å². The first kappa shape index (κ1) is 11.5. The molecule has 14 heavy (non-hydrogen) atoms. The molecule has 0 N–H and O–H groups in total. The molecule has 0 aliphatic carbocycles. The Morgan fingerprint density at radius 1 is 1.57 bits per heavy atom. The lowest BCUT2D eigenvalue weighted by Crippen LogP contribution is -2.30. The first-order valence-electron chi connectivity index (χ1n) is 5.06. The predicted molar refractivity (Wildman–Crippen MR) is 53.1 cm³/mol. The molecular formula is C10H19NO3. The largest absolute Gasteiger partial charge is 0.467 e. The van der Waals surface area contributed by atoms with Gasteiger partial charge in [-0.2, -0.15) is 0 Å². The fourth-order valence-corrected chi connectivity index (χ4v) is 1.60. The summed E-state index contributed by atoms with van der Waals surface area (Å²) in [4.78, 5) is 13.2. The third-order valence-corrected chi connectivity index (χ3v) is 2.57. The van der Waals surface area contributed by atoms with Crippen molar-refractivity contribution in [3.63, 3.8) is 0 Å². The van der Waals surface area contributed by atoms with Gasteiger partial charge in [0.2, 0.25) is 0 Å². The van der Waals surface area contributed by atoms with Crippen molar-refractivity contribution in [3.05, 3.63) is 0 Å². The highest BCUT2D eigenvalue weighted by Gasteiger charge is 2.25. The molecule has 1 aliphatic heterocycles. The van der Waals surface area contributed by atoms with Gasteiger partial charge < -0.3 is 9.47 Å². The van der Waals surface area contributed by atoms with E-state index in [2.05, 4.69) is 23.5 Å². The standard InChI is InChI=1S/C10H19NO3/c1-8(2)11-5-4-9(6-11)14-7-10(12)13-3/h8-9H,4-7H2,1-3H3. The third-order valence-electron chi connectivity index (χ3n) is 2.57. The molecule has 4 nitrogen and oxygen atoms in total. The zero-order valence-electron chi connectivity index (χ0n) is 9.16. The molecule has 0 radical (unpaired) electrons. The number of rotatable bonds is 4. The molecule has 1 fully saturated rings. The Balaban J connectivity index is 2.19. The molecule has 1 unspecified atom stereocenters. The summed E-state index contributed by atoms with van der Waals surface area (Å²) in [5.74, 6) is -0.298. The van der Waals surface area contributed by atoms with Crippen molar-refractivity contribution in [2.45, 2.75) is 32.4 Å². The normalized spacial score (nSPS) is 23.0. The second kappa shape index (κ2) is 5.32. The van der Waals surface area contributed by atoms with Crippen LogP contribution >= 0.6 is 0 Å². The summed E-state index contributed by atoms with van der Waals surface area (Å²) in [5.41, 5.74) is 0. The maximum Gasteiger partial charge on any atom is 0.331 e. The van der Waals surface area contributed by atoms with Gasteiger partial charge in [-0.3, -0.25) is 4.90 Å². The molecule has 0 aromatic carbocycles. The summed E-state index contributed by atoms with van der Waals surface area (Å²) in [6, 6.07) is 0.557. The Labute approximate surface area is 85.2 Å². The molecular weight excluding hydrogens is 182 g/mol. The molecule has 4 heteroatoms. The van der Waals surface area contributed by atoms with Crippen LogP contribution in [0.5, 0.6) is 0 Å². The number of carbonyl (C=O) groups excluding carboxylic acids is 1. The van der Waals surface area contributed by atoms with Gasteiger partial charge in [-0.15, -0.1) is 0 Å². The first-order chi connectivity index (χ1) is 6.63. The first-order valence-corrected chi connectivity index (χ1v) is 5.06. The highest BCUT2D eigenvalue weighted by atomic mass is 16.6. The minimum Gasteiger partial charge on any atom is -0.467 e. The summed E-state index contributed by atoms with van der Waals surface area (Å²) in [6.45, 7) is 6.40. The Morgan fingerprint density at radius 3 is 2.79 bits per heavy atom. The third kappa shape index (κ3) is 3.27. The monoisotopic (exact) mass is 201 g/mol. The van der Waals surface area contributed by atoms with Gasteiger partial charge in [-0.25, -0.2) is 4.79 Å². The van der Waals surface area contributed by atoms with E-state index in [0.29, 0.717) is 6.04 Å². The van der Waals surface area contributed by atoms with Crippen molar-refractivity contribution >= 4 is 5.97 Å². The zero-order chi connectivity index (χ0) is 10.6. The minimum absolute atomic E-state index is 0.0765. The smallest absolute Gasteiger partial charge is 0.331 e. The molecule has 1 heterocycles. The highest BCUT2D eigenvalue weighted by molar-refractivity contribution is 5.70. The summed E-state index contributed by atoms with van der Waals surface area (Å²) in [5, 5.41) is 0. The minimum atomic E-state index is -0.298. The molecule has 1 aliphatic rings. The number of hydrogen-bond acceptors (Lipinski definition) is 4. The number of methoxy groups -OCH3 is 1. The number of hydrogen-bond donors (Lipinski definition) is 0. The van der Waals surface area contributed by atoms with Crippen LogP contribution in [-0.2, 0) is 14.3 Å². The fourth-order valence-electron chi connectivity index (χ4n) is 1.60. The molecule has 0 saturated carbocycles. The number of esters is 1. The van der Waals surface area contributed by atoms with E-state index in [0.717, 1.165) is 19.5 Å². The molecule has 0 aromatic rings. The van der Waals surface area contributed by atoms with Crippen molar-refractivity contribution < 1.29 is 14.3 Å². The van der Waals surface area contributed by atoms with Gasteiger partial charge in [0.25, 0.3) is 0 Å². The highest BCUT2D eigenvalue weighted by Crippen LogP contribution is 2.14. The number of ether oxygens (including phenoxy) is 2. The van der Waals surface area contributed by atoms with E-state index in [4.69, 9.17) is 4.74 Å². The number of nitrogens with zero attached hydrogens (tertiary/aromatic N) is 1. The summed E-state index contributed by atoms with van der Waals surface area (Å²) >= 11 is 0. The Hall–Kier alpha value is -0.610. The molecule has 1 atom stereocenters. The van der Waals surface area contributed by atoms with E-state index >= 15 is 0 Å². The molecule has 0 bridgehead atoms. The molecule has 1 saturated heterocycles. The van der Waals surface area contributed by atoms with Crippen LogP contribution in [0.1, 0.15) is 20.3 Å². The average molecular weight is 201 g/mol. The second-order valence-corrected chi connectivity index (χ2v) is 3.89. The van der Waals surface area contributed by atoms with E-state index in [1.54, 1.807) is 0 Å². The van der Waals surface area contributed by atoms with Crippen molar-refractivity contribution in [1.29, 1.82) is 0 Å². The van der Waals surface area contributed by atoms with Crippen molar-refractivity contribution in [2.24, 2.45) is 0 Å². The van der Waals surface area contributed by atoms with Crippen LogP contribution in [0.4, 0.5) is 0 Å². The molecule has 0 aromatic heterocycles. The lowest BCUT2D eigenvalue weighted by atomic mass is 10.3. The topological polar surface area (TPSA) is 38.8 Å². The van der Waals surface area contributed by atoms with Crippen LogP contribution in [0.2, 0.25) is 0 Å². The van der Waals surface area contributed by atoms with Crippen molar-refractivity contribution in [1.82, 2.24) is 4.90 Å². The van der Waals surface area contributed by atoms with E-state index in [9.17, 15) is 4.79 Å². The number of likely N-dealkylation sites (tertiary alicyclic amines) is 1. The van der Waals surface area contributed by atoms with E-state index in [-0.39, 0.29) is 18.7 Å². The lowest BCUT2D eigenvalue weighted by Gasteiger charge is -2.19. The maximum atomic E-state index is 10.8. The SMILES string of the molecule is COC(=O)COC1CCN(C(C)C)C1. The van der Waals surface area contributed by atoms with Gasteiger partial charge in [0.1, 0.15) is 6.61 Å². The van der Waals surface area contributed by atoms with Crippen LogP contribution in [0, 0.1) is 0 Å². The van der Waals surface area contributed by atoms with E-state index in [1.807, 2.05) is 0 Å². The van der Waals surface area contributed by atoms with Gasteiger partial charge >= 0.3 is 5.97 Å². The lowest BCUT2D eigenvalue weighted by molar-refractivity contribution is -0.147. The zero-order valence-corrected chi connectivity index (χ0v) is 9.16. The maximum absolute atomic E-state index is 10.8. The van der Waals surface area contributed by atoms with E-state index < -0.39 is 0 Å².